The maximum Gasteiger partial charge on any atom is 0.350 e. The molecule has 1 aliphatic rings. The first-order chi connectivity index (χ1) is 8.75. The maximum atomic E-state index is 12.3. The van der Waals surface area contributed by atoms with Crippen LogP contribution >= 0.6 is 0 Å². The van der Waals surface area contributed by atoms with E-state index < -0.39 is 0 Å². The van der Waals surface area contributed by atoms with Crippen molar-refractivity contribution in [2.45, 2.75) is 26.4 Å². The van der Waals surface area contributed by atoms with Gasteiger partial charge >= 0.3 is 5.69 Å². The summed E-state index contributed by atoms with van der Waals surface area (Å²) in [4.78, 5) is 12.3. The molecule has 3 rings (SSSR count). The molecule has 0 saturated carbocycles. The van der Waals surface area contributed by atoms with Gasteiger partial charge in [0.05, 0.1) is 12.2 Å². The molecule has 0 bridgehead atoms. The van der Waals surface area contributed by atoms with Crippen LogP contribution in [0, 0.1) is 6.92 Å². The predicted molar refractivity (Wildman–Crippen MR) is 68.9 cm³/mol. The van der Waals surface area contributed by atoms with Gasteiger partial charge in [-0.25, -0.2) is 4.79 Å². The molecule has 1 aromatic carbocycles. The van der Waals surface area contributed by atoms with Crippen LogP contribution in [0.2, 0.25) is 0 Å². The second-order valence-corrected chi connectivity index (χ2v) is 4.63. The second-order valence-electron chi connectivity index (χ2n) is 4.63. The largest absolute Gasteiger partial charge is 0.350 e. The normalized spacial score (nSPS) is 15.2. The first-order valence-corrected chi connectivity index (χ1v) is 6.22. The summed E-state index contributed by atoms with van der Waals surface area (Å²) in [6.07, 6.45) is 0.965. The SMILES string of the molecule is Cc1ccc(-n2nc3n(c2=O)CCCNC3)cc1. The molecule has 18 heavy (non-hydrogen) atoms. The Morgan fingerprint density at radius 3 is 2.83 bits per heavy atom. The second kappa shape index (κ2) is 4.42. The molecule has 5 heteroatoms. The molecule has 0 amide bonds. The standard InChI is InChI=1S/C13H16N4O/c1-10-3-5-11(6-4-10)17-13(18)16-8-2-7-14-9-12(16)15-17/h3-6,14H,2,7-9H2,1H3. The van der Waals surface area contributed by atoms with Crippen LogP contribution in [0.25, 0.3) is 5.69 Å². The summed E-state index contributed by atoms with van der Waals surface area (Å²) in [7, 11) is 0. The summed E-state index contributed by atoms with van der Waals surface area (Å²) in [5, 5.41) is 7.68. The first-order valence-electron chi connectivity index (χ1n) is 6.22. The highest BCUT2D eigenvalue weighted by Gasteiger charge is 2.15. The average molecular weight is 244 g/mol. The van der Waals surface area contributed by atoms with E-state index >= 15 is 0 Å². The van der Waals surface area contributed by atoms with Crippen molar-refractivity contribution in [3.05, 3.63) is 46.1 Å². The zero-order valence-corrected chi connectivity index (χ0v) is 10.4. The van der Waals surface area contributed by atoms with E-state index in [4.69, 9.17) is 0 Å². The number of hydrogen-bond donors (Lipinski definition) is 1. The average Bonchev–Trinajstić information content (AvgIpc) is 2.57. The third-order valence-electron chi connectivity index (χ3n) is 3.24. The smallest absolute Gasteiger partial charge is 0.310 e. The summed E-state index contributed by atoms with van der Waals surface area (Å²) < 4.78 is 3.25. The van der Waals surface area contributed by atoms with Crippen molar-refractivity contribution in [2.75, 3.05) is 6.54 Å². The Hall–Kier alpha value is -1.88. The molecule has 0 saturated heterocycles. The van der Waals surface area contributed by atoms with E-state index in [-0.39, 0.29) is 5.69 Å². The fourth-order valence-corrected chi connectivity index (χ4v) is 2.21. The van der Waals surface area contributed by atoms with Crippen LogP contribution in [0.4, 0.5) is 0 Å². The van der Waals surface area contributed by atoms with Gasteiger partial charge in [0.25, 0.3) is 0 Å². The van der Waals surface area contributed by atoms with Gasteiger partial charge in [-0.05, 0) is 32.0 Å². The van der Waals surface area contributed by atoms with Crippen molar-refractivity contribution in [3.8, 4) is 5.69 Å². The van der Waals surface area contributed by atoms with Gasteiger partial charge in [-0.2, -0.15) is 4.68 Å². The molecule has 0 radical (unpaired) electrons. The molecule has 0 unspecified atom stereocenters. The molecule has 1 aliphatic heterocycles. The van der Waals surface area contributed by atoms with Crippen LogP contribution in [0.3, 0.4) is 0 Å². The van der Waals surface area contributed by atoms with E-state index in [2.05, 4.69) is 10.4 Å². The summed E-state index contributed by atoms with van der Waals surface area (Å²) >= 11 is 0. The lowest BCUT2D eigenvalue weighted by molar-refractivity contribution is 0.619. The Balaban J connectivity index is 2.08. The molecule has 2 aromatic rings. The number of nitrogens with zero attached hydrogens (tertiary/aromatic N) is 3. The molecule has 0 spiro atoms. The van der Waals surface area contributed by atoms with Gasteiger partial charge in [-0.15, -0.1) is 5.10 Å². The fraction of sp³-hybridized carbons (Fsp3) is 0.385. The zero-order valence-electron chi connectivity index (χ0n) is 10.4. The van der Waals surface area contributed by atoms with E-state index in [0.29, 0.717) is 6.54 Å². The van der Waals surface area contributed by atoms with Crippen LogP contribution < -0.4 is 11.0 Å². The lowest BCUT2D eigenvalue weighted by Crippen LogP contribution is -2.24. The molecule has 94 valence electrons. The number of nitrogens with one attached hydrogen (secondary N) is 1. The van der Waals surface area contributed by atoms with E-state index in [1.54, 1.807) is 4.57 Å². The molecule has 5 nitrogen and oxygen atoms in total. The van der Waals surface area contributed by atoms with Crippen molar-refractivity contribution < 1.29 is 0 Å². The van der Waals surface area contributed by atoms with Crippen molar-refractivity contribution in [1.29, 1.82) is 0 Å². The van der Waals surface area contributed by atoms with Gasteiger partial charge < -0.3 is 5.32 Å². The van der Waals surface area contributed by atoms with Crippen molar-refractivity contribution in [2.24, 2.45) is 0 Å². The van der Waals surface area contributed by atoms with Crippen molar-refractivity contribution in [1.82, 2.24) is 19.7 Å². The molecule has 0 fully saturated rings. The number of aromatic nitrogens is 3. The minimum Gasteiger partial charge on any atom is -0.310 e. The highest BCUT2D eigenvalue weighted by atomic mass is 16.2. The third-order valence-corrected chi connectivity index (χ3v) is 3.24. The zero-order chi connectivity index (χ0) is 12.5. The van der Waals surface area contributed by atoms with Crippen LogP contribution in [0.1, 0.15) is 17.8 Å². The van der Waals surface area contributed by atoms with Crippen LogP contribution in [-0.4, -0.2) is 20.9 Å². The van der Waals surface area contributed by atoms with Gasteiger partial charge in [-0.3, -0.25) is 4.57 Å². The first kappa shape index (κ1) is 11.2. The number of benzene rings is 1. The van der Waals surface area contributed by atoms with E-state index in [1.165, 1.54) is 10.2 Å². The molecule has 2 heterocycles. The van der Waals surface area contributed by atoms with Gasteiger partial charge in [0.15, 0.2) is 0 Å². The Kier molecular flexibility index (Phi) is 2.76. The van der Waals surface area contributed by atoms with Gasteiger partial charge in [-0.1, -0.05) is 17.7 Å². The van der Waals surface area contributed by atoms with Gasteiger partial charge in [0, 0.05) is 6.54 Å². The van der Waals surface area contributed by atoms with Crippen molar-refractivity contribution >= 4 is 0 Å². The minimum absolute atomic E-state index is 0.0439. The lowest BCUT2D eigenvalue weighted by atomic mass is 10.2. The van der Waals surface area contributed by atoms with E-state index in [0.717, 1.165) is 31.0 Å². The number of fused-ring (bicyclic) bond motifs is 1. The Morgan fingerprint density at radius 2 is 2.06 bits per heavy atom. The summed E-state index contributed by atoms with van der Waals surface area (Å²) in [6.45, 7) is 4.37. The molecular formula is C13H16N4O. The number of aryl methyl sites for hydroxylation is 1. The Bertz CT molecular complexity index is 609. The van der Waals surface area contributed by atoms with Crippen LogP contribution in [0.5, 0.6) is 0 Å². The van der Waals surface area contributed by atoms with E-state index in [9.17, 15) is 4.79 Å². The summed E-state index contributed by atoms with van der Waals surface area (Å²) in [6, 6.07) is 7.84. The lowest BCUT2D eigenvalue weighted by Gasteiger charge is -2.00. The Morgan fingerprint density at radius 1 is 1.28 bits per heavy atom. The molecule has 0 atom stereocenters. The Labute approximate surface area is 105 Å². The molecule has 1 aromatic heterocycles. The summed E-state index contributed by atoms with van der Waals surface area (Å²) in [5.74, 6) is 0.818. The van der Waals surface area contributed by atoms with Crippen LogP contribution in [0.15, 0.2) is 29.1 Å². The maximum absolute atomic E-state index is 12.3. The topological polar surface area (TPSA) is 51.9 Å². The quantitative estimate of drug-likeness (QED) is 0.808. The number of hydrogen-bond acceptors (Lipinski definition) is 3. The predicted octanol–water partition coefficient (Wildman–Crippen LogP) is 0.836. The third kappa shape index (κ3) is 1.86. The summed E-state index contributed by atoms with van der Waals surface area (Å²) in [5.41, 5.74) is 1.96. The highest BCUT2D eigenvalue weighted by Crippen LogP contribution is 2.08. The van der Waals surface area contributed by atoms with Crippen LogP contribution in [-0.2, 0) is 13.1 Å². The van der Waals surface area contributed by atoms with E-state index in [1.807, 2.05) is 31.2 Å². The minimum atomic E-state index is -0.0439. The van der Waals surface area contributed by atoms with Gasteiger partial charge in [0.1, 0.15) is 5.82 Å². The molecular weight excluding hydrogens is 228 g/mol. The fourth-order valence-electron chi connectivity index (χ4n) is 2.21. The number of rotatable bonds is 1. The monoisotopic (exact) mass is 244 g/mol. The highest BCUT2D eigenvalue weighted by molar-refractivity contribution is 5.33. The van der Waals surface area contributed by atoms with Gasteiger partial charge in [0.2, 0.25) is 0 Å². The molecule has 0 aliphatic carbocycles. The molecule has 1 N–H and O–H groups in total. The van der Waals surface area contributed by atoms with Crippen molar-refractivity contribution in [3.63, 3.8) is 0 Å².